The summed E-state index contributed by atoms with van der Waals surface area (Å²) in [7, 11) is 0. The zero-order chi connectivity index (χ0) is 33.0. The van der Waals surface area contributed by atoms with Crippen molar-refractivity contribution in [3.8, 4) is 51.0 Å². The van der Waals surface area contributed by atoms with Crippen LogP contribution in [0.2, 0.25) is 0 Å². The SMILES string of the molecule is c1ccc(-c2nc(-c3ccccc3)nc(-c3cccc4c3c3ccccc3n4-c3cccc(-c4ccc5sc6ccccc6c5c4)c3)n2)cc1. The Morgan fingerprint density at radius 3 is 1.74 bits per heavy atom. The van der Waals surface area contributed by atoms with Gasteiger partial charge in [0.1, 0.15) is 0 Å². The van der Waals surface area contributed by atoms with Gasteiger partial charge >= 0.3 is 0 Å². The number of hydrogen-bond acceptors (Lipinski definition) is 4. The predicted molar refractivity (Wildman–Crippen MR) is 209 cm³/mol. The van der Waals surface area contributed by atoms with Gasteiger partial charge in [-0.3, -0.25) is 0 Å². The van der Waals surface area contributed by atoms with Crippen molar-refractivity contribution in [2.45, 2.75) is 0 Å². The van der Waals surface area contributed by atoms with E-state index in [-0.39, 0.29) is 0 Å². The highest BCUT2D eigenvalue weighted by atomic mass is 32.1. The van der Waals surface area contributed by atoms with Gasteiger partial charge in [-0.05, 0) is 53.6 Å². The Hall–Kier alpha value is -6.43. The molecule has 0 aliphatic heterocycles. The summed E-state index contributed by atoms with van der Waals surface area (Å²) in [5, 5.41) is 4.88. The smallest absolute Gasteiger partial charge is 0.164 e. The molecule has 0 radical (unpaired) electrons. The van der Waals surface area contributed by atoms with Crippen LogP contribution in [-0.4, -0.2) is 19.5 Å². The Morgan fingerprint density at radius 1 is 0.380 bits per heavy atom. The van der Waals surface area contributed by atoms with E-state index in [1.165, 1.54) is 31.3 Å². The molecule has 0 N–H and O–H groups in total. The lowest BCUT2D eigenvalue weighted by atomic mass is 10.0. The van der Waals surface area contributed by atoms with Crippen molar-refractivity contribution in [1.82, 2.24) is 19.5 Å². The van der Waals surface area contributed by atoms with Crippen LogP contribution in [0.1, 0.15) is 0 Å². The molecule has 10 rings (SSSR count). The first-order valence-corrected chi connectivity index (χ1v) is 17.5. The van der Waals surface area contributed by atoms with Crippen LogP contribution < -0.4 is 0 Å². The largest absolute Gasteiger partial charge is 0.309 e. The second-order valence-corrected chi connectivity index (χ2v) is 13.5. The van der Waals surface area contributed by atoms with Gasteiger partial charge < -0.3 is 4.57 Å². The molecule has 0 bridgehead atoms. The summed E-state index contributed by atoms with van der Waals surface area (Å²) >= 11 is 1.85. The summed E-state index contributed by atoms with van der Waals surface area (Å²) < 4.78 is 5.00. The van der Waals surface area contributed by atoms with Crippen LogP contribution >= 0.6 is 11.3 Å². The zero-order valence-electron chi connectivity index (χ0n) is 26.9. The van der Waals surface area contributed by atoms with Gasteiger partial charge in [-0.25, -0.2) is 15.0 Å². The van der Waals surface area contributed by atoms with E-state index >= 15 is 0 Å². The molecule has 0 saturated carbocycles. The molecule has 10 aromatic rings. The minimum absolute atomic E-state index is 0.649. The maximum Gasteiger partial charge on any atom is 0.164 e. The van der Waals surface area contributed by atoms with Crippen molar-refractivity contribution in [1.29, 1.82) is 0 Å². The maximum absolute atomic E-state index is 5.10. The first-order chi connectivity index (χ1) is 24.8. The van der Waals surface area contributed by atoms with E-state index in [4.69, 9.17) is 15.0 Å². The first-order valence-electron chi connectivity index (χ1n) is 16.7. The first kappa shape index (κ1) is 28.6. The van der Waals surface area contributed by atoms with Gasteiger partial charge in [-0.2, -0.15) is 0 Å². The van der Waals surface area contributed by atoms with Crippen LogP contribution in [0.25, 0.3) is 93.0 Å². The van der Waals surface area contributed by atoms with Gasteiger partial charge in [-0.1, -0.05) is 127 Å². The van der Waals surface area contributed by atoms with Crippen molar-refractivity contribution in [2.75, 3.05) is 0 Å². The number of rotatable bonds is 5. The Morgan fingerprint density at radius 2 is 0.960 bits per heavy atom. The van der Waals surface area contributed by atoms with Crippen LogP contribution in [0.4, 0.5) is 0 Å². The molecule has 5 heteroatoms. The summed E-state index contributed by atoms with van der Waals surface area (Å²) in [5.74, 6) is 1.95. The molecule has 0 amide bonds. The molecule has 0 spiro atoms. The van der Waals surface area contributed by atoms with E-state index in [1.54, 1.807) is 0 Å². The third-order valence-corrected chi connectivity index (χ3v) is 10.6. The van der Waals surface area contributed by atoms with Crippen molar-refractivity contribution < 1.29 is 0 Å². The molecule has 3 heterocycles. The molecule has 0 aliphatic carbocycles. The number of aromatic nitrogens is 4. The minimum Gasteiger partial charge on any atom is -0.309 e. The molecule has 0 atom stereocenters. The van der Waals surface area contributed by atoms with E-state index in [1.807, 2.05) is 72.0 Å². The van der Waals surface area contributed by atoms with Gasteiger partial charge in [0.2, 0.25) is 0 Å². The third kappa shape index (κ3) is 4.71. The molecule has 0 fully saturated rings. The topological polar surface area (TPSA) is 43.6 Å². The molecular weight excluding hydrogens is 629 g/mol. The Kier molecular flexibility index (Phi) is 6.64. The fourth-order valence-corrected chi connectivity index (χ4v) is 8.23. The van der Waals surface area contributed by atoms with Crippen LogP contribution in [-0.2, 0) is 0 Å². The number of benzene rings is 7. The summed E-state index contributed by atoms with van der Waals surface area (Å²) in [5.41, 5.74) is 8.60. The van der Waals surface area contributed by atoms with Crippen molar-refractivity contribution in [3.05, 3.63) is 170 Å². The Balaban J connectivity index is 1.17. The van der Waals surface area contributed by atoms with E-state index in [9.17, 15) is 0 Å². The summed E-state index contributed by atoms with van der Waals surface area (Å²) in [6.45, 7) is 0. The average molecular weight is 657 g/mol. The summed E-state index contributed by atoms with van der Waals surface area (Å²) in [6.07, 6.45) is 0. The maximum atomic E-state index is 5.10. The summed E-state index contributed by atoms with van der Waals surface area (Å²) in [4.78, 5) is 15.1. The number of para-hydroxylation sites is 1. The van der Waals surface area contributed by atoms with Crippen LogP contribution in [0, 0.1) is 0 Å². The number of nitrogens with zero attached hydrogens (tertiary/aromatic N) is 4. The highest BCUT2D eigenvalue weighted by Crippen LogP contribution is 2.40. The molecule has 4 nitrogen and oxygen atoms in total. The third-order valence-electron chi connectivity index (χ3n) is 9.45. The highest BCUT2D eigenvalue weighted by molar-refractivity contribution is 7.25. The number of fused-ring (bicyclic) bond motifs is 6. The molecule has 50 heavy (non-hydrogen) atoms. The van der Waals surface area contributed by atoms with Crippen molar-refractivity contribution in [2.24, 2.45) is 0 Å². The van der Waals surface area contributed by atoms with E-state index in [0.717, 1.165) is 44.2 Å². The molecule has 0 unspecified atom stereocenters. The van der Waals surface area contributed by atoms with Gasteiger partial charge in [0, 0.05) is 53.3 Å². The molecule has 3 aromatic heterocycles. The number of hydrogen-bond donors (Lipinski definition) is 0. The van der Waals surface area contributed by atoms with E-state index < -0.39 is 0 Å². The zero-order valence-corrected chi connectivity index (χ0v) is 27.7. The highest BCUT2D eigenvalue weighted by Gasteiger charge is 2.20. The van der Waals surface area contributed by atoms with Crippen LogP contribution in [0.5, 0.6) is 0 Å². The van der Waals surface area contributed by atoms with Crippen molar-refractivity contribution in [3.63, 3.8) is 0 Å². The lowest BCUT2D eigenvalue weighted by Gasteiger charge is -2.11. The van der Waals surface area contributed by atoms with Crippen LogP contribution in [0.3, 0.4) is 0 Å². The number of thiophene rings is 1. The lowest BCUT2D eigenvalue weighted by Crippen LogP contribution is -2.00. The second-order valence-electron chi connectivity index (χ2n) is 12.5. The molecule has 7 aromatic carbocycles. The van der Waals surface area contributed by atoms with Gasteiger partial charge in [0.05, 0.1) is 11.0 Å². The minimum atomic E-state index is 0.649. The van der Waals surface area contributed by atoms with Gasteiger partial charge in [0.15, 0.2) is 17.5 Å². The second kappa shape index (κ2) is 11.6. The standard InChI is InChI=1S/C45H28N4S/c1-3-13-29(14-4-1)43-46-44(30-15-5-2-6-16-30)48-45(47-43)36-21-12-23-39-42(36)35-20-7-9-22-38(35)49(39)33-18-11-17-31(27-33)32-25-26-41-37(28-32)34-19-8-10-24-40(34)50-41/h1-28H. The van der Waals surface area contributed by atoms with Gasteiger partial charge in [-0.15, -0.1) is 11.3 Å². The molecule has 0 aliphatic rings. The lowest BCUT2D eigenvalue weighted by molar-refractivity contribution is 1.08. The van der Waals surface area contributed by atoms with E-state index in [0.29, 0.717) is 17.5 Å². The average Bonchev–Trinajstić information content (AvgIpc) is 3.74. The van der Waals surface area contributed by atoms with E-state index in [2.05, 4.69) is 114 Å². The van der Waals surface area contributed by atoms with Crippen LogP contribution in [0.15, 0.2) is 170 Å². The fraction of sp³-hybridized carbons (Fsp3) is 0. The Bertz CT molecular complexity index is 2810. The fourth-order valence-electron chi connectivity index (χ4n) is 7.14. The van der Waals surface area contributed by atoms with Crippen molar-refractivity contribution >= 4 is 53.3 Å². The predicted octanol–water partition coefficient (Wildman–Crippen LogP) is 12.0. The quantitative estimate of drug-likeness (QED) is 0.185. The molecular formula is C45H28N4S. The normalized spacial score (nSPS) is 11.6. The van der Waals surface area contributed by atoms with Gasteiger partial charge in [0.25, 0.3) is 0 Å². The Labute approximate surface area is 292 Å². The molecule has 0 saturated heterocycles. The summed E-state index contributed by atoms with van der Waals surface area (Å²) in [6, 6.07) is 59.7. The monoisotopic (exact) mass is 656 g/mol. The molecule has 234 valence electrons.